The Morgan fingerprint density at radius 3 is 1.93 bits per heavy atom. The lowest BCUT2D eigenvalue weighted by Crippen LogP contribution is -2.29. The minimum Gasteiger partial charge on any atom is -0.166 e. The molecule has 3 heteroatoms. The van der Waals surface area contributed by atoms with Gasteiger partial charge >= 0.3 is 6.18 Å². The van der Waals surface area contributed by atoms with Gasteiger partial charge in [0, 0.05) is 11.1 Å². The zero-order valence-corrected chi connectivity index (χ0v) is 17.1. The van der Waals surface area contributed by atoms with Gasteiger partial charge in [-0.1, -0.05) is 30.0 Å². The van der Waals surface area contributed by atoms with Crippen LogP contribution in [0.25, 0.3) is 0 Å². The molecule has 0 amide bonds. The first-order valence-corrected chi connectivity index (χ1v) is 10.8. The maximum atomic E-state index is 12.6. The molecule has 2 aliphatic carbocycles. The number of fused-ring (bicyclic) bond motifs is 1. The molecule has 0 bridgehead atoms. The van der Waals surface area contributed by atoms with E-state index in [9.17, 15) is 13.2 Å². The summed E-state index contributed by atoms with van der Waals surface area (Å²) in [7, 11) is 0. The van der Waals surface area contributed by atoms with Crippen LogP contribution in [0.2, 0.25) is 0 Å². The highest BCUT2D eigenvalue weighted by Crippen LogP contribution is 2.47. The van der Waals surface area contributed by atoms with Crippen molar-refractivity contribution in [2.24, 2.45) is 17.8 Å². The van der Waals surface area contributed by atoms with Gasteiger partial charge in [0.05, 0.1) is 5.56 Å². The summed E-state index contributed by atoms with van der Waals surface area (Å²) in [4.78, 5) is 0. The zero-order chi connectivity index (χ0) is 21.1. The average Bonchev–Trinajstić information content (AvgIpc) is 2.77. The summed E-state index contributed by atoms with van der Waals surface area (Å²) in [5, 5.41) is 0. The number of allylic oxidation sites excluding steroid dienone is 1. The van der Waals surface area contributed by atoms with Crippen molar-refractivity contribution in [3.63, 3.8) is 0 Å². The fourth-order valence-electron chi connectivity index (χ4n) is 5.17. The molecule has 2 aliphatic rings. The highest BCUT2D eigenvalue weighted by molar-refractivity contribution is 5.44. The molecule has 0 nitrogen and oxygen atoms in total. The van der Waals surface area contributed by atoms with Gasteiger partial charge in [-0.2, -0.15) is 13.2 Å². The summed E-state index contributed by atoms with van der Waals surface area (Å²) in [6.45, 7) is 3.98. The van der Waals surface area contributed by atoms with Crippen LogP contribution in [0.1, 0.15) is 66.7 Å². The fourth-order valence-corrected chi connectivity index (χ4v) is 5.17. The van der Waals surface area contributed by atoms with Gasteiger partial charge in [-0.25, -0.2) is 0 Å². The van der Waals surface area contributed by atoms with Crippen LogP contribution in [0, 0.1) is 29.6 Å². The van der Waals surface area contributed by atoms with Crippen molar-refractivity contribution in [2.45, 2.75) is 50.6 Å². The molecule has 2 fully saturated rings. The molecule has 0 aliphatic heterocycles. The lowest BCUT2D eigenvalue weighted by molar-refractivity contribution is -0.137. The Morgan fingerprint density at radius 1 is 0.767 bits per heavy atom. The Balaban J connectivity index is 1.38. The van der Waals surface area contributed by atoms with Crippen LogP contribution in [0.15, 0.2) is 61.2 Å². The molecule has 4 atom stereocenters. The zero-order valence-electron chi connectivity index (χ0n) is 17.1. The van der Waals surface area contributed by atoms with E-state index < -0.39 is 11.7 Å². The number of alkyl halides is 3. The third kappa shape index (κ3) is 4.81. The van der Waals surface area contributed by atoms with Crippen LogP contribution in [0.5, 0.6) is 0 Å². The van der Waals surface area contributed by atoms with Crippen molar-refractivity contribution < 1.29 is 13.2 Å². The summed E-state index contributed by atoms with van der Waals surface area (Å²) in [5.74, 6) is 9.08. The number of benzene rings is 2. The van der Waals surface area contributed by atoms with E-state index in [1.807, 2.05) is 12.1 Å². The molecule has 2 aromatic carbocycles. The lowest BCUT2D eigenvalue weighted by atomic mass is 9.64. The Morgan fingerprint density at radius 2 is 1.33 bits per heavy atom. The Hall–Kier alpha value is -2.47. The van der Waals surface area contributed by atoms with E-state index in [4.69, 9.17) is 0 Å². The van der Waals surface area contributed by atoms with E-state index in [0.29, 0.717) is 17.4 Å². The van der Waals surface area contributed by atoms with Gasteiger partial charge in [0.1, 0.15) is 0 Å². The minimum atomic E-state index is -4.31. The molecular weight excluding hydrogens is 381 g/mol. The quantitative estimate of drug-likeness (QED) is 0.355. The van der Waals surface area contributed by atoms with E-state index in [1.54, 1.807) is 0 Å². The molecule has 156 valence electrons. The summed E-state index contributed by atoms with van der Waals surface area (Å²) >= 11 is 0. The largest absolute Gasteiger partial charge is 0.416 e. The van der Waals surface area contributed by atoms with E-state index in [0.717, 1.165) is 29.5 Å². The van der Waals surface area contributed by atoms with Crippen molar-refractivity contribution in [3.05, 3.63) is 83.4 Å². The van der Waals surface area contributed by atoms with Crippen molar-refractivity contribution >= 4 is 0 Å². The smallest absolute Gasteiger partial charge is 0.166 e. The van der Waals surface area contributed by atoms with E-state index in [2.05, 4.69) is 36.6 Å². The molecule has 0 spiro atoms. The highest BCUT2D eigenvalue weighted by atomic mass is 19.4. The molecule has 0 heterocycles. The predicted octanol–water partition coefficient (Wildman–Crippen LogP) is 7.59. The number of halogens is 3. The van der Waals surface area contributed by atoms with Gasteiger partial charge in [0.15, 0.2) is 0 Å². The van der Waals surface area contributed by atoms with Gasteiger partial charge < -0.3 is 0 Å². The van der Waals surface area contributed by atoms with Crippen LogP contribution in [0.4, 0.5) is 13.2 Å². The van der Waals surface area contributed by atoms with Gasteiger partial charge in [0.25, 0.3) is 0 Å². The second-order valence-electron chi connectivity index (χ2n) is 8.79. The predicted molar refractivity (Wildman–Crippen MR) is 115 cm³/mol. The Labute approximate surface area is 177 Å². The molecule has 2 saturated carbocycles. The third-order valence-corrected chi connectivity index (χ3v) is 6.93. The summed E-state index contributed by atoms with van der Waals surface area (Å²) < 4.78 is 37.9. The summed E-state index contributed by atoms with van der Waals surface area (Å²) in [6, 6.07) is 13.4. The molecule has 30 heavy (non-hydrogen) atoms. The Kier molecular flexibility index (Phi) is 6.04. The molecule has 0 N–H and O–H groups in total. The molecule has 0 radical (unpaired) electrons. The SMILES string of the molecule is C=CC1CCC2CC(c3ccc(C#Cc4ccc(C(F)(F)F)cc4)cc3)CCC2C1. The second kappa shape index (κ2) is 8.72. The van der Waals surface area contributed by atoms with Gasteiger partial charge in [0.2, 0.25) is 0 Å². The van der Waals surface area contributed by atoms with Crippen LogP contribution in [0.3, 0.4) is 0 Å². The van der Waals surface area contributed by atoms with Crippen LogP contribution in [-0.2, 0) is 6.18 Å². The van der Waals surface area contributed by atoms with Crippen LogP contribution in [-0.4, -0.2) is 0 Å². The average molecular weight is 409 g/mol. The first kappa shape index (κ1) is 20.8. The van der Waals surface area contributed by atoms with Crippen molar-refractivity contribution in [2.75, 3.05) is 0 Å². The van der Waals surface area contributed by atoms with E-state index in [1.165, 1.54) is 56.2 Å². The standard InChI is InChI=1S/C27H27F3/c1-2-19-5-12-25-18-24(14-13-23(25)17-19)22-10-6-20(7-11-22)3-4-21-8-15-26(16-9-21)27(28,29)30/h2,6-11,15-16,19,23-25H,1,5,12-14,17-18H2. The van der Waals surface area contributed by atoms with Gasteiger partial charge in [-0.3, -0.25) is 0 Å². The van der Waals surface area contributed by atoms with Crippen molar-refractivity contribution in [1.82, 2.24) is 0 Å². The maximum absolute atomic E-state index is 12.6. The van der Waals surface area contributed by atoms with Gasteiger partial charge in [-0.05, 0) is 104 Å². The summed E-state index contributed by atoms with van der Waals surface area (Å²) in [5.41, 5.74) is 2.21. The molecule has 0 saturated heterocycles. The number of rotatable bonds is 2. The second-order valence-corrected chi connectivity index (χ2v) is 8.79. The fraction of sp³-hybridized carbons (Fsp3) is 0.407. The maximum Gasteiger partial charge on any atom is 0.416 e. The first-order chi connectivity index (χ1) is 14.4. The third-order valence-electron chi connectivity index (χ3n) is 6.93. The monoisotopic (exact) mass is 408 g/mol. The molecule has 0 aromatic heterocycles. The van der Waals surface area contributed by atoms with E-state index in [-0.39, 0.29) is 0 Å². The normalized spacial score (nSPS) is 26.2. The van der Waals surface area contributed by atoms with Crippen LogP contribution < -0.4 is 0 Å². The number of hydrogen-bond donors (Lipinski definition) is 0. The van der Waals surface area contributed by atoms with Crippen molar-refractivity contribution in [3.8, 4) is 11.8 Å². The Bertz CT molecular complexity index is 925. The molecule has 2 aromatic rings. The highest BCUT2D eigenvalue weighted by Gasteiger charge is 2.35. The lowest BCUT2D eigenvalue weighted by Gasteiger charge is -2.41. The molecule has 4 rings (SSSR count). The molecular formula is C27H27F3. The van der Waals surface area contributed by atoms with E-state index >= 15 is 0 Å². The molecule has 4 unspecified atom stereocenters. The van der Waals surface area contributed by atoms with Crippen LogP contribution >= 0.6 is 0 Å². The topological polar surface area (TPSA) is 0 Å². The number of hydrogen-bond acceptors (Lipinski definition) is 0. The van der Waals surface area contributed by atoms with Crippen molar-refractivity contribution in [1.29, 1.82) is 0 Å². The summed E-state index contributed by atoms with van der Waals surface area (Å²) in [6.07, 6.45) is 5.62. The minimum absolute atomic E-state index is 0.584. The van der Waals surface area contributed by atoms with Gasteiger partial charge in [-0.15, -0.1) is 6.58 Å². The first-order valence-electron chi connectivity index (χ1n) is 10.8.